The molecule has 0 aliphatic rings. The van der Waals surface area contributed by atoms with E-state index in [1.807, 2.05) is 18.2 Å². The van der Waals surface area contributed by atoms with Gasteiger partial charge in [0, 0.05) is 17.0 Å². The zero-order valence-electron chi connectivity index (χ0n) is 14.5. The lowest BCUT2D eigenvalue weighted by molar-refractivity contribution is -0.670. The quantitative estimate of drug-likeness (QED) is 0.559. The van der Waals surface area contributed by atoms with Gasteiger partial charge in [0.2, 0.25) is 0 Å². The van der Waals surface area contributed by atoms with Gasteiger partial charge in [-0.1, -0.05) is 13.8 Å². The van der Waals surface area contributed by atoms with Gasteiger partial charge in [0.05, 0.1) is 19.2 Å². The van der Waals surface area contributed by atoms with E-state index in [4.69, 9.17) is 8.83 Å². The highest BCUT2D eigenvalue weighted by Gasteiger charge is 2.12. The van der Waals surface area contributed by atoms with E-state index in [-0.39, 0.29) is 5.63 Å². The average Bonchev–Trinajstić information content (AvgIpc) is 3.03. The smallest absolute Gasteiger partial charge is 0.336 e. The van der Waals surface area contributed by atoms with Crippen LogP contribution in [0, 0.1) is 6.92 Å². The summed E-state index contributed by atoms with van der Waals surface area (Å²) in [5, 5.41) is 3.24. The summed E-state index contributed by atoms with van der Waals surface area (Å²) in [6.07, 6.45) is 2.57. The predicted molar refractivity (Wildman–Crippen MR) is 94.2 cm³/mol. The fourth-order valence-corrected chi connectivity index (χ4v) is 3.14. The van der Waals surface area contributed by atoms with Crippen molar-refractivity contribution >= 4 is 11.0 Å². The number of aryl methyl sites for hydroxylation is 1. The highest BCUT2D eigenvalue weighted by Crippen LogP contribution is 2.26. The first-order valence-corrected chi connectivity index (χ1v) is 8.46. The van der Waals surface area contributed by atoms with Gasteiger partial charge in [-0.05, 0) is 48.2 Å². The van der Waals surface area contributed by atoms with E-state index in [1.54, 1.807) is 12.3 Å². The minimum atomic E-state index is -0.284. The molecular weight excluding hydrogens is 302 g/mol. The number of furan rings is 1. The van der Waals surface area contributed by atoms with Crippen molar-refractivity contribution < 1.29 is 14.2 Å². The molecule has 0 saturated carbocycles. The minimum Gasteiger partial charge on any atom is -0.469 e. The van der Waals surface area contributed by atoms with Crippen molar-refractivity contribution in [3.63, 3.8) is 0 Å². The van der Waals surface area contributed by atoms with Gasteiger partial charge in [0.1, 0.15) is 17.9 Å². The van der Waals surface area contributed by atoms with Crippen LogP contribution in [0.1, 0.15) is 42.2 Å². The Labute approximate surface area is 141 Å². The van der Waals surface area contributed by atoms with Gasteiger partial charge < -0.3 is 14.2 Å². The molecular formula is C20H24NO3+. The second-order valence-electron chi connectivity index (χ2n) is 6.56. The monoisotopic (exact) mass is 326 g/mol. The summed E-state index contributed by atoms with van der Waals surface area (Å²) in [5.41, 5.74) is 3.89. The van der Waals surface area contributed by atoms with Crippen LogP contribution in [0.25, 0.3) is 11.0 Å². The summed E-state index contributed by atoms with van der Waals surface area (Å²) in [5.74, 6) is 1.43. The zero-order chi connectivity index (χ0) is 17.1. The van der Waals surface area contributed by atoms with E-state index in [1.165, 1.54) is 11.1 Å². The number of nitrogens with two attached hydrogens (primary N) is 1. The first-order valence-electron chi connectivity index (χ1n) is 8.46. The lowest BCUT2D eigenvalue weighted by Crippen LogP contribution is -2.83. The molecule has 0 amide bonds. The fourth-order valence-electron chi connectivity index (χ4n) is 3.14. The summed E-state index contributed by atoms with van der Waals surface area (Å²) >= 11 is 0. The van der Waals surface area contributed by atoms with E-state index >= 15 is 0 Å². The predicted octanol–water partition coefficient (Wildman–Crippen LogP) is 3.12. The Hall–Kier alpha value is -2.33. The van der Waals surface area contributed by atoms with Crippen LogP contribution >= 0.6 is 0 Å². The summed E-state index contributed by atoms with van der Waals surface area (Å²) in [7, 11) is 0. The van der Waals surface area contributed by atoms with Crippen molar-refractivity contribution in [3.05, 3.63) is 69.5 Å². The first-order chi connectivity index (χ1) is 11.5. The molecule has 126 valence electrons. The van der Waals surface area contributed by atoms with Crippen molar-refractivity contribution in [1.29, 1.82) is 0 Å². The molecule has 2 N–H and O–H groups in total. The molecule has 0 fully saturated rings. The molecule has 4 nitrogen and oxygen atoms in total. The third-order valence-electron chi connectivity index (χ3n) is 4.38. The molecule has 3 aromatic rings. The number of rotatable bonds is 6. The molecule has 0 spiro atoms. The molecule has 0 radical (unpaired) electrons. The molecule has 4 heteroatoms. The lowest BCUT2D eigenvalue weighted by Gasteiger charge is -2.12. The Balaban J connectivity index is 1.83. The fraction of sp³-hybridized carbons (Fsp3) is 0.350. The first kappa shape index (κ1) is 16.5. The second-order valence-corrected chi connectivity index (χ2v) is 6.56. The summed E-state index contributed by atoms with van der Waals surface area (Å²) < 4.78 is 10.7. The van der Waals surface area contributed by atoms with Gasteiger partial charge in [-0.2, -0.15) is 0 Å². The summed E-state index contributed by atoms with van der Waals surface area (Å²) in [6, 6.07) is 9.66. The molecule has 1 aromatic carbocycles. The van der Waals surface area contributed by atoms with Crippen molar-refractivity contribution in [1.82, 2.24) is 0 Å². The molecule has 2 heterocycles. The molecule has 2 aromatic heterocycles. The Bertz CT molecular complexity index is 876. The van der Waals surface area contributed by atoms with E-state index in [2.05, 4.69) is 32.2 Å². The van der Waals surface area contributed by atoms with Crippen molar-refractivity contribution in [3.8, 4) is 0 Å². The molecule has 3 rings (SSSR count). The van der Waals surface area contributed by atoms with Crippen LogP contribution in [0.3, 0.4) is 0 Å². The van der Waals surface area contributed by atoms with Crippen LogP contribution in [0.15, 0.2) is 50.2 Å². The van der Waals surface area contributed by atoms with Gasteiger partial charge in [-0.15, -0.1) is 0 Å². The van der Waals surface area contributed by atoms with Crippen LogP contribution in [0.5, 0.6) is 0 Å². The molecule has 0 aliphatic carbocycles. The normalized spacial score (nSPS) is 11.5. The number of fused-ring (bicyclic) bond motifs is 1. The average molecular weight is 326 g/mol. The van der Waals surface area contributed by atoms with Gasteiger partial charge in [0.25, 0.3) is 0 Å². The van der Waals surface area contributed by atoms with Gasteiger partial charge in [-0.3, -0.25) is 0 Å². The van der Waals surface area contributed by atoms with Gasteiger partial charge in [0.15, 0.2) is 0 Å². The topological polar surface area (TPSA) is 60.0 Å². The van der Waals surface area contributed by atoms with E-state index in [9.17, 15) is 4.79 Å². The van der Waals surface area contributed by atoms with Crippen molar-refractivity contribution in [2.24, 2.45) is 0 Å². The Morgan fingerprint density at radius 1 is 1.21 bits per heavy atom. The molecule has 24 heavy (non-hydrogen) atoms. The number of hydrogen-bond acceptors (Lipinski definition) is 3. The number of quaternary nitrogens is 1. The molecule has 0 aliphatic heterocycles. The Morgan fingerprint density at radius 2 is 2.04 bits per heavy atom. The van der Waals surface area contributed by atoms with Crippen LogP contribution in [-0.2, 0) is 13.0 Å². The maximum atomic E-state index is 11.9. The Kier molecular flexibility index (Phi) is 4.86. The van der Waals surface area contributed by atoms with E-state index in [0.29, 0.717) is 11.5 Å². The minimum absolute atomic E-state index is 0.284. The third kappa shape index (κ3) is 3.60. The molecule has 0 unspecified atom stereocenters. The van der Waals surface area contributed by atoms with Crippen LogP contribution in [-0.4, -0.2) is 6.54 Å². The van der Waals surface area contributed by atoms with E-state index < -0.39 is 0 Å². The molecule has 0 atom stereocenters. The van der Waals surface area contributed by atoms with Gasteiger partial charge >= 0.3 is 5.63 Å². The maximum absolute atomic E-state index is 11.9. The number of hydrogen-bond donors (Lipinski definition) is 1. The molecule has 0 saturated heterocycles. The van der Waals surface area contributed by atoms with E-state index in [0.717, 1.165) is 36.2 Å². The zero-order valence-corrected chi connectivity index (χ0v) is 14.5. The summed E-state index contributed by atoms with van der Waals surface area (Å²) in [4.78, 5) is 11.9. The van der Waals surface area contributed by atoms with Crippen molar-refractivity contribution in [2.75, 3.05) is 6.54 Å². The third-order valence-corrected chi connectivity index (χ3v) is 4.38. The molecule has 0 bridgehead atoms. The van der Waals surface area contributed by atoms with Crippen LogP contribution < -0.4 is 10.9 Å². The SMILES string of the molecule is Cc1cc2oc(=O)cc(C[NH2+]CCc3ccco3)c2cc1C(C)C. The Morgan fingerprint density at radius 3 is 2.75 bits per heavy atom. The number of benzene rings is 1. The van der Waals surface area contributed by atoms with Crippen LogP contribution in [0.4, 0.5) is 0 Å². The lowest BCUT2D eigenvalue weighted by atomic mass is 9.95. The van der Waals surface area contributed by atoms with Crippen molar-refractivity contribution in [2.45, 2.75) is 39.7 Å². The largest absolute Gasteiger partial charge is 0.469 e. The second kappa shape index (κ2) is 7.05. The van der Waals surface area contributed by atoms with Gasteiger partial charge in [-0.25, -0.2) is 4.79 Å². The highest BCUT2D eigenvalue weighted by atomic mass is 16.4. The highest BCUT2D eigenvalue weighted by molar-refractivity contribution is 5.82. The maximum Gasteiger partial charge on any atom is 0.336 e. The van der Waals surface area contributed by atoms with Crippen LogP contribution in [0.2, 0.25) is 0 Å². The standard InChI is InChI=1S/C20H23NO3/c1-13(2)17-11-18-15(10-20(22)24-19(18)9-14(17)3)12-21-7-6-16-5-4-8-23-16/h4-5,8-11,13,21H,6-7,12H2,1-3H3/p+1. The summed E-state index contributed by atoms with van der Waals surface area (Å²) in [6.45, 7) is 8.10.